The number of carbonyl (C=O) groups is 1. The number of amides is 1. The van der Waals surface area contributed by atoms with Gasteiger partial charge in [-0.15, -0.1) is 0 Å². The van der Waals surface area contributed by atoms with E-state index in [0.29, 0.717) is 19.4 Å². The molecule has 204 valence electrons. The van der Waals surface area contributed by atoms with Gasteiger partial charge in [0.05, 0.1) is 12.8 Å². The zero-order chi connectivity index (χ0) is 27.5. The van der Waals surface area contributed by atoms with Crippen LogP contribution in [-0.4, -0.2) is 35.6 Å². The number of ether oxygens (including phenoxy) is 1. The van der Waals surface area contributed by atoms with Crippen molar-refractivity contribution in [1.29, 1.82) is 0 Å². The van der Waals surface area contributed by atoms with Crippen LogP contribution >= 0.6 is 0 Å². The summed E-state index contributed by atoms with van der Waals surface area (Å²) >= 11 is 0. The summed E-state index contributed by atoms with van der Waals surface area (Å²) in [6.45, 7) is 2.15. The van der Waals surface area contributed by atoms with Crippen LogP contribution in [0.1, 0.15) is 40.8 Å². The smallest absolute Gasteiger partial charge is 0.223 e. The van der Waals surface area contributed by atoms with Gasteiger partial charge in [-0.1, -0.05) is 48.5 Å². The third kappa shape index (κ3) is 5.46. The first-order valence-corrected chi connectivity index (χ1v) is 14.2. The highest BCUT2D eigenvalue weighted by Crippen LogP contribution is 2.38. The van der Waals surface area contributed by atoms with E-state index in [1.165, 1.54) is 45.3 Å². The number of rotatable bonds is 8. The molecule has 0 spiro atoms. The maximum absolute atomic E-state index is 13.9. The number of nitrogens with zero attached hydrogens (tertiary/aromatic N) is 2. The standard InChI is InChI=1S/C35H35FN2O2/c1-40-32-13-14-33-28(24-32)10-11-29-23-31(38(35(29)33)21-16-25-6-5-9-30(36)22-25)12-15-34(39)37-19-17-27(18-20-37)26-7-3-2-4-8-26/h2-9,13-14,17,22-24H,10-12,15-16,18-21H2,1H3. The average Bonchev–Trinajstić information content (AvgIpc) is 3.36. The first kappa shape index (κ1) is 26.1. The van der Waals surface area contributed by atoms with Gasteiger partial charge in [-0.2, -0.15) is 0 Å². The highest BCUT2D eigenvalue weighted by Gasteiger charge is 2.25. The third-order valence-electron chi connectivity index (χ3n) is 8.31. The molecular weight excluding hydrogens is 499 g/mol. The van der Waals surface area contributed by atoms with Gasteiger partial charge in [0.1, 0.15) is 11.6 Å². The molecule has 0 fully saturated rings. The second-order valence-electron chi connectivity index (χ2n) is 10.7. The van der Waals surface area contributed by atoms with Crippen LogP contribution in [0.2, 0.25) is 0 Å². The van der Waals surface area contributed by atoms with Gasteiger partial charge in [-0.05, 0) is 96.3 Å². The minimum Gasteiger partial charge on any atom is -0.497 e. The lowest BCUT2D eigenvalue weighted by Crippen LogP contribution is -2.34. The summed E-state index contributed by atoms with van der Waals surface area (Å²) in [5, 5.41) is 0. The first-order valence-electron chi connectivity index (χ1n) is 14.2. The Morgan fingerprint density at radius 1 is 0.900 bits per heavy atom. The largest absolute Gasteiger partial charge is 0.497 e. The summed E-state index contributed by atoms with van der Waals surface area (Å²) in [7, 11) is 1.70. The second kappa shape index (κ2) is 11.5. The van der Waals surface area contributed by atoms with Crippen LogP contribution in [0.5, 0.6) is 5.75 Å². The molecule has 1 aliphatic heterocycles. The maximum atomic E-state index is 13.9. The average molecular weight is 535 g/mol. The summed E-state index contributed by atoms with van der Waals surface area (Å²) < 4.78 is 21.8. The van der Waals surface area contributed by atoms with Crippen molar-refractivity contribution < 1.29 is 13.9 Å². The van der Waals surface area contributed by atoms with Crippen LogP contribution in [-0.2, 0) is 37.0 Å². The number of methoxy groups -OCH3 is 1. The van der Waals surface area contributed by atoms with Crippen molar-refractivity contribution in [2.75, 3.05) is 20.2 Å². The van der Waals surface area contributed by atoms with Gasteiger partial charge < -0.3 is 14.2 Å². The molecule has 40 heavy (non-hydrogen) atoms. The normalized spacial score (nSPS) is 14.3. The van der Waals surface area contributed by atoms with Crippen LogP contribution in [0.4, 0.5) is 4.39 Å². The number of fused-ring (bicyclic) bond motifs is 3. The van der Waals surface area contributed by atoms with Crippen molar-refractivity contribution in [3.63, 3.8) is 0 Å². The lowest BCUT2D eigenvalue weighted by atomic mass is 9.90. The zero-order valence-electron chi connectivity index (χ0n) is 23.0. The molecule has 2 aliphatic rings. The second-order valence-corrected chi connectivity index (χ2v) is 10.7. The van der Waals surface area contributed by atoms with E-state index < -0.39 is 0 Å². The van der Waals surface area contributed by atoms with Gasteiger partial charge in [-0.25, -0.2) is 4.39 Å². The molecule has 0 atom stereocenters. The molecular formula is C35H35FN2O2. The van der Waals surface area contributed by atoms with E-state index in [4.69, 9.17) is 4.74 Å². The fourth-order valence-corrected chi connectivity index (χ4v) is 6.18. The van der Waals surface area contributed by atoms with E-state index in [2.05, 4.69) is 53.1 Å². The summed E-state index contributed by atoms with van der Waals surface area (Å²) in [6.07, 6.45) is 6.90. The predicted octanol–water partition coefficient (Wildman–Crippen LogP) is 6.89. The Balaban J connectivity index is 1.22. The van der Waals surface area contributed by atoms with Gasteiger partial charge >= 0.3 is 0 Å². The van der Waals surface area contributed by atoms with Gasteiger partial charge in [-0.3, -0.25) is 4.79 Å². The Bertz CT molecular complexity index is 1550. The lowest BCUT2D eigenvalue weighted by Gasteiger charge is -2.27. The minimum absolute atomic E-state index is 0.198. The Hall–Kier alpha value is -4.12. The fourth-order valence-electron chi connectivity index (χ4n) is 6.18. The molecule has 5 heteroatoms. The molecule has 0 radical (unpaired) electrons. The maximum Gasteiger partial charge on any atom is 0.223 e. The number of aromatic nitrogens is 1. The van der Waals surface area contributed by atoms with Crippen LogP contribution in [0.15, 0.2) is 84.9 Å². The molecule has 1 amide bonds. The molecule has 6 rings (SSSR count). The number of aryl methyl sites for hydroxylation is 4. The molecule has 0 bridgehead atoms. The van der Waals surface area contributed by atoms with Gasteiger partial charge in [0.25, 0.3) is 0 Å². The molecule has 4 nitrogen and oxygen atoms in total. The number of benzene rings is 3. The molecule has 2 heterocycles. The van der Waals surface area contributed by atoms with Gasteiger partial charge in [0.15, 0.2) is 0 Å². The topological polar surface area (TPSA) is 34.5 Å². The van der Waals surface area contributed by atoms with Crippen LogP contribution < -0.4 is 4.74 Å². The Morgan fingerprint density at radius 2 is 1.75 bits per heavy atom. The quantitative estimate of drug-likeness (QED) is 0.247. The molecule has 4 aromatic rings. The van der Waals surface area contributed by atoms with Gasteiger partial charge in [0, 0.05) is 37.3 Å². The predicted molar refractivity (Wildman–Crippen MR) is 158 cm³/mol. The highest BCUT2D eigenvalue weighted by atomic mass is 19.1. The Morgan fingerprint density at radius 3 is 2.52 bits per heavy atom. The Labute approximate surface area is 235 Å². The fraction of sp³-hybridized carbons (Fsp3) is 0.286. The summed E-state index contributed by atoms with van der Waals surface area (Å²) in [5.74, 6) is 0.863. The molecule has 3 aromatic carbocycles. The molecule has 0 unspecified atom stereocenters. The minimum atomic E-state index is -0.207. The van der Waals surface area contributed by atoms with Crippen molar-refractivity contribution in [2.45, 2.75) is 45.1 Å². The van der Waals surface area contributed by atoms with E-state index in [0.717, 1.165) is 50.1 Å². The first-order chi connectivity index (χ1) is 19.6. The molecule has 0 saturated carbocycles. The zero-order valence-corrected chi connectivity index (χ0v) is 23.0. The van der Waals surface area contributed by atoms with Crippen LogP contribution in [0, 0.1) is 5.82 Å². The van der Waals surface area contributed by atoms with E-state index in [1.54, 1.807) is 19.2 Å². The summed E-state index contributed by atoms with van der Waals surface area (Å²) in [6, 6.07) is 25.9. The summed E-state index contributed by atoms with van der Waals surface area (Å²) in [4.78, 5) is 15.3. The number of hydrogen-bond acceptors (Lipinski definition) is 2. The molecule has 1 aromatic heterocycles. The number of halogens is 1. The highest BCUT2D eigenvalue weighted by molar-refractivity contribution is 5.79. The van der Waals surface area contributed by atoms with E-state index in [9.17, 15) is 9.18 Å². The van der Waals surface area contributed by atoms with E-state index >= 15 is 0 Å². The van der Waals surface area contributed by atoms with E-state index in [-0.39, 0.29) is 11.7 Å². The van der Waals surface area contributed by atoms with Crippen molar-refractivity contribution in [1.82, 2.24) is 9.47 Å². The van der Waals surface area contributed by atoms with Crippen molar-refractivity contribution in [2.24, 2.45) is 0 Å². The third-order valence-corrected chi connectivity index (χ3v) is 8.31. The summed E-state index contributed by atoms with van der Waals surface area (Å²) in [5.41, 5.74) is 9.79. The van der Waals surface area contributed by atoms with Crippen LogP contribution in [0.25, 0.3) is 16.8 Å². The molecule has 0 saturated heterocycles. The Kier molecular flexibility index (Phi) is 7.54. The SMILES string of the molecule is COc1ccc2c(c1)CCc1cc(CCC(=O)N3CC=C(c4ccccc4)CC3)n(CCc3cccc(F)c3)c1-2. The van der Waals surface area contributed by atoms with Gasteiger partial charge in [0.2, 0.25) is 5.91 Å². The van der Waals surface area contributed by atoms with Crippen LogP contribution in [0.3, 0.4) is 0 Å². The monoisotopic (exact) mass is 534 g/mol. The van der Waals surface area contributed by atoms with Crippen molar-refractivity contribution in [3.8, 4) is 17.0 Å². The molecule has 1 aliphatic carbocycles. The number of carbonyl (C=O) groups excluding carboxylic acids is 1. The van der Waals surface area contributed by atoms with Crippen molar-refractivity contribution >= 4 is 11.5 Å². The van der Waals surface area contributed by atoms with E-state index in [1.807, 2.05) is 23.1 Å². The van der Waals surface area contributed by atoms with Crippen molar-refractivity contribution in [3.05, 3.63) is 119 Å². The lowest BCUT2D eigenvalue weighted by molar-refractivity contribution is -0.130. The number of hydrogen-bond donors (Lipinski definition) is 0. The molecule has 0 N–H and O–H groups in total.